The van der Waals surface area contributed by atoms with E-state index >= 15 is 0 Å². The molecule has 0 aliphatic heterocycles. The largest absolute Gasteiger partial charge is 0.455 e. The Morgan fingerprint density at radius 3 is 0.852 bits per heavy atom. The van der Waals surface area contributed by atoms with Crippen molar-refractivity contribution in [1.29, 1.82) is 0 Å². The average molecular weight is 1630 g/mol. The maximum absolute atomic E-state index is 6.74. The molecular formula is C122H70O6. The summed E-state index contributed by atoms with van der Waals surface area (Å²) in [5, 5.41) is 32.8. The molecule has 0 radical (unpaired) electrons. The fourth-order valence-corrected chi connectivity index (χ4v) is 21.2. The second kappa shape index (κ2) is 28.2. The Morgan fingerprint density at radius 2 is 0.406 bits per heavy atom. The molecule has 6 aromatic heterocycles. The van der Waals surface area contributed by atoms with E-state index in [0.717, 1.165) is 137 Å². The number of furan rings is 6. The van der Waals surface area contributed by atoms with Gasteiger partial charge in [-0.3, -0.25) is 0 Å². The first kappa shape index (κ1) is 71.5. The highest BCUT2D eigenvalue weighted by atomic mass is 16.4. The van der Waals surface area contributed by atoms with Gasteiger partial charge in [0.25, 0.3) is 0 Å². The third-order valence-electron chi connectivity index (χ3n) is 26.8. The molecule has 0 fully saturated rings. The number of hydrogen-bond donors (Lipinski definition) is 0. The zero-order valence-electron chi connectivity index (χ0n) is 68.9. The number of fused-ring (bicyclic) bond motifs is 29. The van der Waals surface area contributed by atoms with Crippen molar-refractivity contribution in [3.8, 4) is 66.8 Å². The summed E-state index contributed by atoms with van der Waals surface area (Å²) < 4.78 is 38.8. The quantitative estimate of drug-likeness (QED) is 0.154. The van der Waals surface area contributed by atoms with E-state index in [2.05, 4.69) is 364 Å². The molecule has 128 heavy (non-hydrogen) atoms. The van der Waals surface area contributed by atoms with Crippen LogP contribution in [0, 0.1) is 0 Å². The van der Waals surface area contributed by atoms with Crippen LogP contribution in [0.1, 0.15) is 0 Å². The smallest absolute Gasteiger partial charge is 0.178 e. The zero-order chi connectivity index (χ0) is 83.8. The van der Waals surface area contributed by atoms with Crippen molar-refractivity contribution in [2.45, 2.75) is 0 Å². The van der Waals surface area contributed by atoms with Gasteiger partial charge in [0.2, 0.25) is 0 Å². The molecule has 0 aliphatic rings. The van der Waals surface area contributed by atoms with Crippen molar-refractivity contribution < 1.29 is 26.5 Å². The van der Waals surface area contributed by atoms with Crippen LogP contribution in [-0.4, -0.2) is 0 Å². The van der Waals surface area contributed by atoms with Gasteiger partial charge in [-0.15, -0.1) is 0 Å². The summed E-state index contributed by atoms with van der Waals surface area (Å²) in [5.74, 6) is 0. The van der Waals surface area contributed by atoms with Gasteiger partial charge in [0.15, 0.2) is 22.3 Å². The normalized spacial score (nSPS) is 12.1. The Hall–Kier alpha value is -17.1. The second-order valence-electron chi connectivity index (χ2n) is 33.6. The number of para-hydroxylation sites is 4. The van der Waals surface area contributed by atoms with Crippen molar-refractivity contribution in [3.63, 3.8) is 0 Å². The van der Waals surface area contributed by atoms with Crippen molar-refractivity contribution in [3.05, 3.63) is 425 Å². The molecule has 0 spiro atoms. The molecule has 0 atom stereocenters. The highest BCUT2D eigenvalue weighted by Gasteiger charge is 2.28. The molecule has 0 saturated carbocycles. The number of hydrogen-bond acceptors (Lipinski definition) is 6. The molecule has 0 saturated heterocycles. The van der Waals surface area contributed by atoms with Gasteiger partial charge in [0, 0.05) is 70.4 Å². The maximum atomic E-state index is 6.74. The van der Waals surface area contributed by atoms with Gasteiger partial charge >= 0.3 is 0 Å². The van der Waals surface area contributed by atoms with Gasteiger partial charge in [-0.1, -0.05) is 340 Å². The van der Waals surface area contributed by atoms with E-state index in [0.29, 0.717) is 0 Å². The van der Waals surface area contributed by atoms with Crippen LogP contribution in [-0.2, 0) is 0 Å². The van der Waals surface area contributed by atoms with Crippen LogP contribution < -0.4 is 0 Å². The SMILES string of the molecule is c1ccc(-c2c3ccccc3c(-c3ccc4oc5c(ccc6c7ccccc7oc65)c4c3)c3ccccc23)cc1.c1ccc2c(-c3c4ccccc4c(-c4ccc5oc6c(ccc7c8ccccc8oc76)c5c4)c4ccccc34)cccc2c1.c1ccc2cc(-c3c4ccccc4c(-c4cc5c6ccccc6oc5c5c4oc4ccccc45)c4ccccc34)ccc2c1. The predicted octanol–water partition coefficient (Wildman–Crippen LogP) is 35.7. The minimum absolute atomic E-state index is 0.798. The summed E-state index contributed by atoms with van der Waals surface area (Å²) in [4.78, 5) is 0. The zero-order valence-corrected chi connectivity index (χ0v) is 68.9. The Morgan fingerprint density at radius 1 is 0.117 bits per heavy atom. The lowest BCUT2D eigenvalue weighted by Gasteiger charge is -2.18. The summed E-state index contributed by atoms with van der Waals surface area (Å²) in [6.45, 7) is 0. The van der Waals surface area contributed by atoms with E-state index in [1.54, 1.807) is 0 Å². The molecule has 594 valence electrons. The molecule has 23 aromatic carbocycles. The van der Waals surface area contributed by atoms with Gasteiger partial charge in [-0.05, 0) is 227 Å². The Balaban J connectivity index is 0.0000000994. The van der Waals surface area contributed by atoms with Gasteiger partial charge in [0.1, 0.15) is 44.7 Å². The molecule has 6 heteroatoms. The minimum atomic E-state index is 0.798. The van der Waals surface area contributed by atoms with E-state index in [1.807, 2.05) is 60.7 Å². The highest BCUT2D eigenvalue weighted by molar-refractivity contribution is 6.32. The van der Waals surface area contributed by atoms with Crippen LogP contribution >= 0.6 is 0 Å². The van der Waals surface area contributed by atoms with E-state index in [-0.39, 0.29) is 0 Å². The van der Waals surface area contributed by atoms with Crippen molar-refractivity contribution in [2.75, 3.05) is 0 Å². The van der Waals surface area contributed by atoms with Crippen molar-refractivity contribution >= 4 is 218 Å². The lowest BCUT2D eigenvalue weighted by Crippen LogP contribution is -1.91. The first-order valence-corrected chi connectivity index (χ1v) is 43.6. The van der Waals surface area contributed by atoms with Crippen molar-refractivity contribution in [1.82, 2.24) is 0 Å². The third kappa shape index (κ3) is 10.9. The Labute approximate surface area is 730 Å². The molecule has 29 rings (SSSR count). The van der Waals surface area contributed by atoms with Gasteiger partial charge in [-0.25, -0.2) is 0 Å². The van der Waals surface area contributed by atoms with Crippen LogP contribution in [0.3, 0.4) is 0 Å². The summed E-state index contributed by atoms with van der Waals surface area (Å²) in [6, 6.07) is 151. The third-order valence-corrected chi connectivity index (χ3v) is 26.8. The molecule has 0 amide bonds. The standard InChI is InChI=1S/2C42H24O2.C38H22O2/c1-2-12-26-23-27(22-21-25(26)11-1)38-29-14-3-5-16-31(29)39(32-17-6-4-15-30(32)38)35-24-34-28-13-7-9-19-36(28)43-41(34)40-33-18-8-10-20-37(33)44-42(35)40;1-2-12-27-25(10-1)11-9-18-29(27)40-32-16-5-3-14-30(32)39(31-15-4-6-17-33(31)40)26-20-23-38-36(24-26)35-22-21-34-28-13-7-8-19-37(28)43-41(34)42(35)44-38;1-2-10-23(11-3-1)35-26-13-4-6-15-28(26)36(29-16-7-5-14-27(29)35)24-18-21-34-32(22-24)31-20-19-30-25-12-8-9-17-33(25)39-37(30)38(31)40-34/h2*1-24H;1-22H. The van der Waals surface area contributed by atoms with Gasteiger partial charge < -0.3 is 26.5 Å². The fraction of sp³-hybridized carbons (Fsp3) is 0. The summed E-state index contributed by atoms with van der Waals surface area (Å²) >= 11 is 0. The topological polar surface area (TPSA) is 78.8 Å². The first-order chi connectivity index (χ1) is 63.5. The lowest BCUT2D eigenvalue weighted by molar-refractivity contribution is 0.633. The van der Waals surface area contributed by atoms with E-state index in [1.165, 1.54) is 147 Å². The van der Waals surface area contributed by atoms with E-state index in [4.69, 9.17) is 26.5 Å². The molecule has 0 bridgehead atoms. The second-order valence-corrected chi connectivity index (χ2v) is 33.6. The number of benzene rings is 23. The molecule has 6 heterocycles. The summed E-state index contributed by atoms with van der Waals surface area (Å²) in [7, 11) is 0. The molecule has 0 N–H and O–H groups in total. The highest BCUT2D eigenvalue weighted by Crippen LogP contribution is 2.54. The fourth-order valence-electron chi connectivity index (χ4n) is 21.2. The summed E-state index contributed by atoms with van der Waals surface area (Å²) in [5.41, 5.74) is 24.7. The molecular weight excluding hydrogens is 1560 g/mol. The molecule has 6 nitrogen and oxygen atoms in total. The maximum Gasteiger partial charge on any atom is 0.178 e. The van der Waals surface area contributed by atoms with Crippen LogP contribution in [0.25, 0.3) is 285 Å². The molecule has 0 unspecified atom stereocenters. The summed E-state index contributed by atoms with van der Waals surface area (Å²) in [6.07, 6.45) is 0. The van der Waals surface area contributed by atoms with Crippen molar-refractivity contribution in [2.24, 2.45) is 0 Å². The minimum Gasteiger partial charge on any atom is -0.455 e. The predicted molar refractivity (Wildman–Crippen MR) is 536 cm³/mol. The molecule has 29 aromatic rings. The van der Waals surface area contributed by atoms with Gasteiger partial charge in [0.05, 0.1) is 5.39 Å². The lowest BCUT2D eigenvalue weighted by atomic mass is 9.84. The van der Waals surface area contributed by atoms with Gasteiger partial charge in [-0.2, -0.15) is 0 Å². The number of rotatable bonds is 6. The van der Waals surface area contributed by atoms with E-state index in [9.17, 15) is 0 Å². The van der Waals surface area contributed by atoms with Crippen LogP contribution in [0.5, 0.6) is 0 Å². The van der Waals surface area contributed by atoms with Crippen LogP contribution in [0.15, 0.2) is 451 Å². The monoisotopic (exact) mass is 1630 g/mol. The Kier molecular flexibility index (Phi) is 15.8. The van der Waals surface area contributed by atoms with Crippen LogP contribution in [0.4, 0.5) is 0 Å². The molecule has 0 aliphatic carbocycles. The average Bonchev–Trinajstić information content (AvgIpc) is 1.42. The van der Waals surface area contributed by atoms with E-state index < -0.39 is 0 Å². The first-order valence-electron chi connectivity index (χ1n) is 43.6. The Bertz CT molecular complexity index is 9570. The van der Waals surface area contributed by atoms with Crippen LogP contribution in [0.2, 0.25) is 0 Å².